The first-order valence-corrected chi connectivity index (χ1v) is 5.79. The molecule has 0 fully saturated rings. The van der Waals surface area contributed by atoms with Crippen molar-refractivity contribution in [2.24, 2.45) is 0 Å². The Kier molecular flexibility index (Phi) is 3.76. The van der Waals surface area contributed by atoms with Crippen LogP contribution < -0.4 is 9.47 Å². The number of hydrogen-bond donors (Lipinski definition) is 0. The third kappa shape index (κ3) is 2.42. The van der Waals surface area contributed by atoms with Crippen molar-refractivity contribution in [3.05, 3.63) is 28.9 Å². The van der Waals surface area contributed by atoms with E-state index in [2.05, 4.69) is 9.72 Å². The number of rotatable bonds is 3. The molecule has 1 aromatic heterocycles. The average Bonchev–Trinajstić information content (AvgIpc) is 2.44. The number of esters is 1. The van der Waals surface area contributed by atoms with Crippen LogP contribution in [0.4, 0.5) is 0 Å². The first kappa shape index (κ1) is 13.4. The van der Waals surface area contributed by atoms with E-state index in [1.165, 1.54) is 21.3 Å². The van der Waals surface area contributed by atoms with E-state index in [1.54, 1.807) is 18.2 Å². The molecule has 0 radical (unpaired) electrons. The molecule has 6 heteroatoms. The molecule has 1 heterocycles. The summed E-state index contributed by atoms with van der Waals surface area (Å²) in [5.41, 5.74) is 0.819. The lowest BCUT2D eigenvalue weighted by Crippen LogP contribution is -2.03. The number of benzene rings is 1. The molecule has 5 nitrogen and oxygen atoms in total. The Morgan fingerprint density at radius 3 is 2.32 bits per heavy atom. The standard InChI is InChI=1S/C13H12ClNO4/c1-17-10-5-7-4-8(13(16)19-3)12(14)15-9(7)6-11(10)18-2/h4-6H,1-3H3. The first-order chi connectivity index (χ1) is 9.10. The van der Waals surface area contributed by atoms with E-state index >= 15 is 0 Å². The van der Waals surface area contributed by atoms with Gasteiger partial charge in [-0.25, -0.2) is 9.78 Å². The highest BCUT2D eigenvalue weighted by Gasteiger charge is 2.15. The number of nitrogens with zero attached hydrogens (tertiary/aromatic N) is 1. The molecule has 0 amide bonds. The molecule has 0 saturated carbocycles. The Balaban J connectivity index is 2.68. The van der Waals surface area contributed by atoms with Crippen molar-refractivity contribution in [3.63, 3.8) is 0 Å². The number of pyridine rings is 1. The number of aromatic nitrogens is 1. The summed E-state index contributed by atoms with van der Waals surface area (Å²) in [6, 6.07) is 5.03. The van der Waals surface area contributed by atoms with Gasteiger partial charge < -0.3 is 14.2 Å². The molecule has 0 aliphatic rings. The summed E-state index contributed by atoms with van der Waals surface area (Å²) in [5, 5.41) is 0.800. The zero-order chi connectivity index (χ0) is 14.0. The molecule has 1 aromatic carbocycles. The lowest BCUT2D eigenvalue weighted by molar-refractivity contribution is 0.0600. The molecular weight excluding hydrogens is 270 g/mol. The van der Waals surface area contributed by atoms with Crippen LogP contribution in [-0.4, -0.2) is 32.3 Å². The molecule has 19 heavy (non-hydrogen) atoms. The number of halogens is 1. The predicted octanol–water partition coefficient (Wildman–Crippen LogP) is 2.69. The highest BCUT2D eigenvalue weighted by molar-refractivity contribution is 6.33. The maximum atomic E-state index is 11.6. The molecule has 0 atom stereocenters. The fraction of sp³-hybridized carbons (Fsp3) is 0.231. The minimum Gasteiger partial charge on any atom is -0.493 e. The summed E-state index contributed by atoms with van der Waals surface area (Å²) in [4.78, 5) is 15.7. The van der Waals surface area contributed by atoms with Crippen molar-refractivity contribution in [3.8, 4) is 11.5 Å². The summed E-state index contributed by atoms with van der Waals surface area (Å²) in [6.45, 7) is 0. The summed E-state index contributed by atoms with van der Waals surface area (Å²) in [7, 11) is 4.36. The van der Waals surface area contributed by atoms with Gasteiger partial charge in [0.1, 0.15) is 5.15 Å². The normalized spacial score (nSPS) is 10.3. The van der Waals surface area contributed by atoms with E-state index in [0.29, 0.717) is 22.4 Å². The molecule has 2 rings (SSSR count). The van der Waals surface area contributed by atoms with E-state index in [9.17, 15) is 4.79 Å². The molecule has 100 valence electrons. The van der Waals surface area contributed by atoms with Crippen LogP contribution in [0, 0.1) is 0 Å². The second-order valence-corrected chi connectivity index (χ2v) is 4.08. The van der Waals surface area contributed by atoms with Crippen LogP contribution >= 0.6 is 11.6 Å². The third-order valence-corrected chi connectivity index (χ3v) is 2.97. The van der Waals surface area contributed by atoms with Crippen LogP contribution in [0.2, 0.25) is 5.15 Å². The predicted molar refractivity (Wildman–Crippen MR) is 71.2 cm³/mol. The van der Waals surface area contributed by atoms with Crippen molar-refractivity contribution >= 4 is 28.5 Å². The van der Waals surface area contributed by atoms with Crippen LogP contribution in [0.25, 0.3) is 10.9 Å². The average molecular weight is 282 g/mol. The van der Waals surface area contributed by atoms with Crippen molar-refractivity contribution in [2.45, 2.75) is 0 Å². The van der Waals surface area contributed by atoms with Gasteiger partial charge in [-0.05, 0) is 12.1 Å². The Bertz CT molecular complexity index is 642. The van der Waals surface area contributed by atoms with Gasteiger partial charge in [0.15, 0.2) is 11.5 Å². The van der Waals surface area contributed by atoms with Crippen molar-refractivity contribution in [1.29, 1.82) is 0 Å². The Morgan fingerprint density at radius 2 is 1.74 bits per heavy atom. The van der Waals surface area contributed by atoms with Gasteiger partial charge in [-0.3, -0.25) is 0 Å². The third-order valence-electron chi connectivity index (χ3n) is 2.68. The first-order valence-electron chi connectivity index (χ1n) is 5.41. The summed E-state index contributed by atoms with van der Waals surface area (Å²) in [6.07, 6.45) is 0. The molecule has 0 saturated heterocycles. The monoisotopic (exact) mass is 281 g/mol. The molecule has 0 unspecified atom stereocenters. The van der Waals surface area contributed by atoms with Crippen molar-refractivity contribution < 1.29 is 19.0 Å². The van der Waals surface area contributed by atoms with Crippen LogP contribution in [-0.2, 0) is 4.74 Å². The molecular formula is C13H12ClNO4. The Morgan fingerprint density at radius 1 is 1.11 bits per heavy atom. The number of ether oxygens (including phenoxy) is 3. The van der Waals surface area contributed by atoms with Gasteiger partial charge in [-0.15, -0.1) is 0 Å². The topological polar surface area (TPSA) is 57.7 Å². The fourth-order valence-corrected chi connectivity index (χ4v) is 1.95. The molecule has 2 aromatic rings. The number of carbonyl (C=O) groups excluding carboxylic acids is 1. The highest BCUT2D eigenvalue weighted by atomic mass is 35.5. The van der Waals surface area contributed by atoms with E-state index < -0.39 is 5.97 Å². The zero-order valence-electron chi connectivity index (χ0n) is 10.7. The van der Waals surface area contributed by atoms with Crippen molar-refractivity contribution in [1.82, 2.24) is 4.98 Å². The number of methoxy groups -OCH3 is 3. The van der Waals surface area contributed by atoms with Gasteiger partial charge in [0.25, 0.3) is 0 Å². The lowest BCUT2D eigenvalue weighted by Gasteiger charge is -2.10. The van der Waals surface area contributed by atoms with Gasteiger partial charge in [0, 0.05) is 11.5 Å². The van der Waals surface area contributed by atoms with E-state index in [1.807, 2.05) is 0 Å². The van der Waals surface area contributed by atoms with E-state index in [4.69, 9.17) is 21.1 Å². The Labute approximate surface area is 115 Å². The highest BCUT2D eigenvalue weighted by Crippen LogP contribution is 2.33. The Hall–Kier alpha value is -2.01. The molecule has 0 aliphatic carbocycles. The van der Waals surface area contributed by atoms with Gasteiger partial charge in [-0.2, -0.15) is 0 Å². The quantitative estimate of drug-likeness (QED) is 0.639. The number of fused-ring (bicyclic) bond motifs is 1. The lowest BCUT2D eigenvalue weighted by atomic mass is 10.1. The van der Waals surface area contributed by atoms with Crippen LogP contribution in [0.1, 0.15) is 10.4 Å². The van der Waals surface area contributed by atoms with E-state index in [0.717, 1.165) is 0 Å². The second kappa shape index (κ2) is 5.32. The van der Waals surface area contributed by atoms with Gasteiger partial charge >= 0.3 is 5.97 Å². The maximum Gasteiger partial charge on any atom is 0.341 e. The zero-order valence-corrected chi connectivity index (χ0v) is 11.4. The largest absolute Gasteiger partial charge is 0.493 e. The second-order valence-electron chi connectivity index (χ2n) is 3.72. The van der Waals surface area contributed by atoms with Crippen molar-refractivity contribution in [2.75, 3.05) is 21.3 Å². The van der Waals surface area contributed by atoms with Crippen LogP contribution in [0.3, 0.4) is 0 Å². The minimum absolute atomic E-state index is 0.0894. The van der Waals surface area contributed by atoms with E-state index in [-0.39, 0.29) is 10.7 Å². The molecule has 0 spiro atoms. The number of carbonyl (C=O) groups is 1. The van der Waals surface area contributed by atoms with Crippen LogP contribution in [0.15, 0.2) is 18.2 Å². The summed E-state index contributed by atoms with van der Waals surface area (Å²) < 4.78 is 15.0. The summed E-state index contributed by atoms with van der Waals surface area (Å²) >= 11 is 5.96. The van der Waals surface area contributed by atoms with Gasteiger partial charge in [0.05, 0.1) is 32.4 Å². The molecule has 0 bridgehead atoms. The van der Waals surface area contributed by atoms with Gasteiger partial charge in [0.2, 0.25) is 0 Å². The fourth-order valence-electron chi connectivity index (χ4n) is 1.73. The summed E-state index contributed by atoms with van der Waals surface area (Å²) in [5.74, 6) is 0.563. The van der Waals surface area contributed by atoms with Crippen LogP contribution in [0.5, 0.6) is 11.5 Å². The maximum absolute atomic E-state index is 11.6. The minimum atomic E-state index is -0.533. The SMILES string of the molecule is COC(=O)c1cc2cc(OC)c(OC)cc2nc1Cl. The molecule has 0 aliphatic heterocycles. The van der Waals surface area contributed by atoms with Gasteiger partial charge in [-0.1, -0.05) is 11.6 Å². The molecule has 0 N–H and O–H groups in total. The number of hydrogen-bond acceptors (Lipinski definition) is 5. The smallest absolute Gasteiger partial charge is 0.341 e.